The second kappa shape index (κ2) is 8.29. The number of carboxylic acid groups (broad SMARTS) is 1. The molecule has 2 amide bonds. The molecule has 0 heterocycles. The lowest BCUT2D eigenvalue weighted by Crippen LogP contribution is -2.46. The third-order valence-electron chi connectivity index (χ3n) is 3.31. The van der Waals surface area contributed by atoms with Crippen LogP contribution in [0.15, 0.2) is 30.3 Å². The van der Waals surface area contributed by atoms with Gasteiger partial charge in [0.2, 0.25) is 0 Å². The van der Waals surface area contributed by atoms with Crippen LogP contribution in [0.5, 0.6) is 0 Å². The molecule has 0 aliphatic rings. The van der Waals surface area contributed by atoms with Crippen LogP contribution in [0.25, 0.3) is 0 Å². The minimum Gasteiger partial charge on any atom is -0.481 e. The van der Waals surface area contributed by atoms with E-state index in [4.69, 9.17) is 5.11 Å². The molecule has 0 unspecified atom stereocenters. The lowest BCUT2D eigenvalue weighted by molar-refractivity contribution is -0.137. The first kappa shape index (κ1) is 17.0. The largest absolute Gasteiger partial charge is 0.481 e. The van der Waals surface area contributed by atoms with Gasteiger partial charge in [0.15, 0.2) is 0 Å². The topological polar surface area (TPSA) is 60.9 Å². The summed E-state index contributed by atoms with van der Waals surface area (Å²) in [4.78, 5) is 26.6. The summed E-state index contributed by atoms with van der Waals surface area (Å²) >= 11 is 0. The monoisotopic (exact) mass is 292 g/mol. The van der Waals surface area contributed by atoms with Gasteiger partial charge in [0.05, 0.1) is 6.42 Å². The number of rotatable bonds is 7. The van der Waals surface area contributed by atoms with Crippen molar-refractivity contribution in [3.8, 4) is 0 Å². The summed E-state index contributed by atoms with van der Waals surface area (Å²) in [5, 5.41) is 8.77. The molecule has 1 N–H and O–H groups in total. The molecule has 0 saturated heterocycles. The van der Waals surface area contributed by atoms with Crippen LogP contribution in [0.4, 0.5) is 4.79 Å². The van der Waals surface area contributed by atoms with Crippen molar-refractivity contribution < 1.29 is 14.7 Å². The summed E-state index contributed by atoms with van der Waals surface area (Å²) < 4.78 is 0. The molecular formula is C16H24N2O3. The number of hydrogen-bond acceptors (Lipinski definition) is 2. The summed E-state index contributed by atoms with van der Waals surface area (Å²) in [5.74, 6) is -0.889. The van der Waals surface area contributed by atoms with E-state index in [0.29, 0.717) is 13.1 Å². The minimum atomic E-state index is -0.889. The molecule has 1 aromatic carbocycles. The van der Waals surface area contributed by atoms with Gasteiger partial charge in [-0.15, -0.1) is 0 Å². The van der Waals surface area contributed by atoms with Crippen LogP contribution in [0.3, 0.4) is 0 Å². The number of aliphatic carboxylic acids is 1. The van der Waals surface area contributed by atoms with Gasteiger partial charge in [0.25, 0.3) is 0 Å². The predicted octanol–water partition coefficient (Wildman–Crippen LogP) is 2.81. The second-order valence-corrected chi connectivity index (χ2v) is 5.21. The van der Waals surface area contributed by atoms with Gasteiger partial charge in [-0.25, -0.2) is 4.79 Å². The summed E-state index contributed by atoms with van der Waals surface area (Å²) in [5.41, 5.74) is 1.06. The normalized spacial score (nSPS) is 10.5. The molecule has 0 fully saturated rings. The van der Waals surface area contributed by atoms with Crippen molar-refractivity contribution in [3.05, 3.63) is 35.9 Å². The molecule has 5 nitrogen and oxygen atoms in total. The maximum atomic E-state index is 12.6. The summed E-state index contributed by atoms with van der Waals surface area (Å²) in [7, 11) is 0. The third kappa shape index (κ3) is 5.45. The minimum absolute atomic E-state index is 0.0309. The summed E-state index contributed by atoms with van der Waals surface area (Å²) in [6.45, 7) is 7.06. The predicted molar refractivity (Wildman–Crippen MR) is 82.0 cm³/mol. The number of nitrogens with zero attached hydrogens (tertiary/aromatic N) is 2. The highest BCUT2D eigenvalue weighted by Gasteiger charge is 2.22. The molecule has 21 heavy (non-hydrogen) atoms. The maximum absolute atomic E-state index is 12.6. The molecule has 5 heteroatoms. The molecule has 1 aromatic rings. The Labute approximate surface area is 126 Å². The van der Waals surface area contributed by atoms with Crippen molar-refractivity contribution in [2.75, 3.05) is 13.1 Å². The Morgan fingerprint density at radius 3 is 2.29 bits per heavy atom. The highest BCUT2D eigenvalue weighted by Crippen LogP contribution is 2.11. The lowest BCUT2D eigenvalue weighted by Gasteiger charge is -2.32. The van der Waals surface area contributed by atoms with Crippen LogP contribution in [-0.2, 0) is 11.3 Å². The Balaban J connectivity index is 2.78. The molecule has 116 valence electrons. The Morgan fingerprint density at radius 2 is 1.81 bits per heavy atom. The van der Waals surface area contributed by atoms with Crippen molar-refractivity contribution in [3.63, 3.8) is 0 Å². The highest BCUT2D eigenvalue weighted by molar-refractivity contribution is 5.75. The smallest absolute Gasteiger partial charge is 0.320 e. The van der Waals surface area contributed by atoms with Crippen LogP contribution >= 0.6 is 0 Å². The molecule has 1 rings (SSSR count). The fourth-order valence-corrected chi connectivity index (χ4v) is 2.05. The molecule has 0 bridgehead atoms. The summed E-state index contributed by atoms with van der Waals surface area (Å²) in [6, 6.07) is 9.73. The summed E-state index contributed by atoms with van der Waals surface area (Å²) in [6.07, 6.45) is -0.0309. The zero-order valence-corrected chi connectivity index (χ0v) is 13.0. The van der Waals surface area contributed by atoms with Gasteiger partial charge < -0.3 is 14.9 Å². The SMILES string of the molecule is CCN(CCC(=O)O)C(=O)N(Cc1ccccc1)C(C)C. The first-order valence-corrected chi connectivity index (χ1v) is 7.27. The van der Waals surface area contributed by atoms with E-state index in [0.717, 1.165) is 5.56 Å². The van der Waals surface area contributed by atoms with E-state index in [-0.39, 0.29) is 25.0 Å². The third-order valence-corrected chi connectivity index (χ3v) is 3.31. The van der Waals surface area contributed by atoms with E-state index < -0.39 is 5.97 Å². The molecular weight excluding hydrogens is 268 g/mol. The Kier molecular flexibility index (Phi) is 6.72. The molecule has 0 saturated carbocycles. The number of carbonyl (C=O) groups is 2. The van der Waals surface area contributed by atoms with Gasteiger partial charge in [-0.2, -0.15) is 0 Å². The van der Waals surface area contributed by atoms with Gasteiger partial charge in [-0.3, -0.25) is 4.79 Å². The van der Waals surface area contributed by atoms with Gasteiger partial charge >= 0.3 is 12.0 Å². The Hall–Kier alpha value is -2.04. The first-order valence-electron chi connectivity index (χ1n) is 7.27. The number of carbonyl (C=O) groups excluding carboxylic acids is 1. The van der Waals surface area contributed by atoms with Gasteiger partial charge in [0.1, 0.15) is 0 Å². The van der Waals surface area contributed by atoms with Crippen molar-refractivity contribution in [1.29, 1.82) is 0 Å². The lowest BCUT2D eigenvalue weighted by atomic mass is 10.2. The highest BCUT2D eigenvalue weighted by atomic mass is 16.4. The average Bonchev–Trinajstić information content (AvgIpc) is 2.45. The molecule has 0 atom stereocenters. The zero-order valence-electron chi connectivity index (χ0n) is 13.0. The zero-order chi connectivity index (χ0) is 15.8. The fraction of sp³-hybridized carbons (Fsp3) is 0.500. The molecule has 0 aliphatic heterocycles. The molecule has 0 aliphatic carbocycles. The van der Waals surface area contributed by atoms with E-state index in [1.165, 1.54) is 0 Å². The molecule has 0 aromatic heterocycles. The maximum Gasteiger partial charge on any atom is 0.320 e. The van der Waals surface area contributed by atoms with Crippen LogP contribution < -0.4 is 0 Å². The molecule has 0 radical (unpaired) electrons. The average molecular weight is 292 g/mol. The molecule has 0 spiro atoms. The van der Waals surface area contributed by atoms with Gasteiger partial charge in [-0.1, -0.05) is 30.3 Å². The van der Waals surface area contributed by atoms with E-state index >= 15 is 0 Å². The Bertz CT molecular complexity index is 460. The number of benzene rings is 1. The van der Waals surface area contributed by atoms with E-state index in [1.54, 1.807) is 9.80 Å². The quantitative estimate of drug-likeness (QED) is 0.840. The fourth-order valence-electron chi connectivity index (χ4n) is 2.05. The first-order chi connectivity index (χ1) is 9.95. The number of carboxylic acids is 1. The van der Waals surface area contributed by atoms with E-state index in [1.807, 2.05) is 51.1 Å². The standard InChI is InChI=1S/C16H24N2O3/c1-4-17(11-10-15(19)20)16(21)18(13(2)3)12-14-8-6-5-7-9-14/h5-9,13H,4,10-12H2,1-3H3,(H,19,20). The Morgan fingerprint density at radius 1 is 1.19 bits per heavy atom. The van der Waals surface area contributed by atoms with Crippen LogP contribution in [0.2, 0.25) is 0 Å². The van der Waals surface area contributed by atoms with Crippen LogP contribution in [0.1, 0.15) is 32.8 Å². The van der Waals surface area contributed by atoms with Crippen molar-refractivity contribution >= 4 is 12.0 Å². The second-order valence-electron chi connectivity index (χ2n) is 5.21. The van der Waals surface area contributed by atoms with Crippen molar-refractivity contribution in [1.82, 2.24) is 9.80 Å². The van der Waals surface area contributed by atoms with Gasteiger partial charge in [0, 0.05) is 25.7 Å². The van der Waals surface area contributed by atoms with Crippen molar-refractivity contribution in [2.45, 2.75) is 39.8 Å². The van der Waals surface area contributed by atoms with Crippen LogP contribution in [0, 0.1) is 0 Å². The number of amides is 2. The number of urea groups is 1. The number of hydrogen-bond donors (Lipinski definition) is 1. The van der Waals surface area contributed by atoms with Crippen molar-refractivity contribution in [2.24, 2.45) is 0 Å². The van der Waals surface area contributed by atoms with Gasteiger partial charge in [-0.05, 0) is 26.3 Å². The van der Waals surface area contributed by atoms with E-state index in [2.05, 4.69) is 0 Å². The van der Waals surface area contributed by atoms with E-state index in [9.17, 15) is 9.59 Å². The van der Waals surface area contributed by atoms with Crippen LogP contribution in [-0.4, -0.2) is 46.0 Å².